The Morgan fingerprint density at radius 1 is 0.843 bits per heavy atom. The van der Waals surface area contributed by atoms with Crippen molar-refractivity contribution >= 4 is 39.7 Å². The average Bonchev–Trinajstić information content (AvgIpc) is 3.41. The highest BCUT2D eigenvalue weighted by molar-refractivity contribution is 7.99. The molecule has 1 N–H and O–H groups in total. The molecule has 0 saturated heterocycles. The van der Waals surface area contributed by atoms with Gasteiger partial charge in [0, 0.05) is 36.2 Å². The number of amides is 1. The van der Waals surface area contributed by atoms with Crippen molar-refractivity contribution in [2.45, 2.75) is 123 Å². The highest BCUT2D eigenvalue weighted by Crippen LogP contribution is 2.38. The van der Waals surface area contributed by atoms with Crippen LogP contribution in [0.1, 0.15) is 114 Å². The van der Waals surface area contributed by atoms with Crippen molar-refractivity contribution < 1.29 is 9.53 Å². The predicted molar refractivity (Wildman–Crippen MR) is 213 cm³/mol. The maximum Gasteiger partial charge on any atom is 0.219 e. The van der Waals surface area contributed by atoms with Crippen LogP contribution in [0.15, 0.2) is 65.8 Å². The van der Waals surface area contributed by atoms with E-state index in [4.69, 9.17) is 9.72 Å². The largest absolute Gasteiger partial charge is 0.493 e. The third-order valence-electron chi connectivity index (χ3n) is 10.5. The molecule has 0 saturated carbocycles. The zero-order valence-electron chi connectivity index (χ0n) is 32.1. The summed E-state index contributed by atoms with van der Waals surface area (Å²) in [5.74, 6) is 1.93. The lowest BCUT2D eigenvalue weighted by Crippen LogP contribution is -2.24. The van der Waals surface area contributed by atoms with Crippen LogP contribution in [0, 0.1) is 13.8 Å². The van der Waals surface area contributed by atoms with Crippen LogP contribution < -0.4 is 10.1 Å². The molecule has 5 rings (SSSR count). The second-order valence-corrected chi connectivity index (χ2v) is 16.3. The number of ether oxygens (including phenoxy) is 1. The van der Waals surface area contributed by atoms with Crippen LogP contribution in [0.5, 0.6) is 5.75 Å². The van der Waals surface area contributed by atoms with E-state index >= 15 is 0 Å². The summed E-state index contributed by atoms with van der Waals surface area (Å²) >= 11 is 1.60. The minimum Gasteiger partial charge on any atom is -0.493 e. The molecule has 0 radical (unpaired) electrons. The lowest BCUT2D eigenvalue weighted by Gasteiger charge is -2.30. The Morgan fingerprint density at radius 2 is 1.59 bits per heavy atom. The van der Waals surface area contributed by atoms with Gasteiger partial charge in [0.05, 0.1) is 12.1 Å². The topological polar surface area (TPSA) is 81.9 Å². The number of unbranched alkanes of at least 4 members (excludes halogenated alkanes) is 2. The van der Waals surface area contributed by atoms with Gasteiger partial charge in [-0.2, -0.15) is 0 Å². The number of aryl methyl sites for hydroxylation is 2. The van der Waals surface area contributed by atoms with E-state index in [0.717, 1.165) is 78.6 Å². The normalized spacial score (nSPS) is 12.2. The third kappa shape index (κ3) is 9.70. The summed E-state index contributed by atoms with van der Waals surface area (Å²) in [4.78, 5) is 17.5. The van der Waals surface area contributed by atoms with Crippen molar-refractivity contribution in [3.05, 3.63) is 88.5 Å². The molecule has 0 atom stereocenters. The lowest BCUT2D eigenvalue weighted by atomic mass is 9.76. The number of carbonyl (C=O) groups is 1. The number of nitrogens with one attached hydrogen (secondary N) is 1. The van der Waals surface area contributed by atoms with Crippen LogP contribution in [0.4, 0.5) is 0 Å². The van der Waals surface area contributed by atoms with Gasteiger partial charge >= 0.3 is 0 Å². The molecule has 3 aromatic carbocycles. The summed E-state index contributed by atoms with van der Waals surface area (Å²) in [5.41, 5.74) is 9.31. The molecule has 0 aliphatic heterocycles. The van der Waals surface area contributed by atoms with Crippen molar-refractivity contribution in [3.8, 4) is 5.75 Å². The average molecular weight is 708 g/mol. The quantitative estimate of drug-likeness (QED) is 0.0721. The molecular formula is C43H57N5O2S. The second-order valence-electron chi connectivity index (χ2n) is 15.3. The van der Waals surface area contributed by atoms with Crippen LogP contribution in [0.2, 0.25) is 0 Å². The van der Waals surface area contributed by atoms with E-state index in [-0.39, 0.29) is 16.7 Å². The minimum absolute atomic E-state index is 0.0433. The zero-order valence-corrected chi connectivity index (χ0v) is 32.9. The Kier molecular flexibility index (Phi) is 12.8. The number of fused-ring (bicyclic) bond motifs is 3. The smallest absolute Gasteiger partial charge is 0.219 e. The van der Waals surface area contributed by atoms with Crippen LogP contribution in [0.25, 0.3) is 22.1 Å². The number of thioether (sulfide) groups is 1. The molecular weight excluding hydrogens is 651 g/mol. The number of aromatic nitrogens is 4. The number of nitrogens with zero attached hydrogens (tertiary/aromatic N) is 4. The highest BCUT2D eigenvalue weighted by atomic mass is 32.2. The molecule has 2 aromatic heterocycles. The zero-order chi connectivity index (χ0) is 36.6. The highest BCUT2D eigenvalue weighted by Gasteiger charge is 2.26. The first kappa shape index (κ1) is 38.3. The Bertz CT molecular complexity index is 1930. The molecule has 272 valence electrons. The van der Waals surface area contributed by atoms with Gasteiger partial charge in [0.2, 0.25) is 11.1 Å². The standard InChI is InChI=1S/C43H57N5O2S/c1-9-42(5,6)33-21-23-37(35(28-33)43(7,8)10-2)50-25-13-12-24-44-38(49)15-11-14-26-51-41-45-40-39(46-47-41)34-27-31(4)18-22-36(34)48(40)29-32-19-16-30(3)17-20-32/h16-23,27-28H,9-15,24-26,29H2,1-8H3,(H,44,49). The SMILES string of the molecule is CCC(C)(C)c1ccc(OCCCCNC(=O)CCCCSc2nnc3c4cc(C)ccc4n(Cc4ccc(C)cc4)c3n2)c(C(C)(C)CC)c1. The van der Waals surface area contributed by atoms with E-state index in [0.29, 0.717) is 24.7 Å². The van der Waals surface area contributed by atoms with E-state index in [1.54, 1.807) is 11.8 Å². The fraction of sp³-hybridized carbons (Fsp3) is 0.488. The molecule has 0 aliphatic rings. The van der Waals surface area contributed by atoms with Crippen molar-refractivity contribution in [2.24, 2.45) is 0 Å². The fourth-order valence-electron chi connectivity index (χ4n) is 6.23. The van der Waals surface area contributed by atoms with Gasteiger partial charge in [-0.1, -0.05) is 107 Å². The van der Waals surface area contributed by atoms with Crippen LogP contribution in [-0.4, -0.2) is 44.6 Å². The first-order valence-electron chi connectivity index (χ1n) is 18.8. The minimum atomic E-state index is 0.0433. The molecule has 1 amide bonds. The summed E-state index contributed by atoms with van der Waals surface area (Å²) in [7, 11) is 0. The Morgan fingerprint density at radius 3 is 2.33 bits per heavy atom. The van der Waals surface area contributed by atoms with Gasteiger partial charge in [-0.3, -0.25) is 4.79 Å². The van der Waals surface area contributed by atoms with E-state index < -0.39 is 0 Å². The molecule has 8 heteroatoms. The monoisotopic (exact) mass is 707 g/mol. The molecule has 2 heterocycles. The maximum absolute atomic E-state index is 12.5. The molecule has 7 nitrogen and oxygen atoms in total. The Balaban J connectivity index is 1.05. The van der Waals surface area contributed by atoms with Crippen LogP contribution >= 0.6 is 11.8 Å². The van der Waals surface area contributed by atoms with Gasteiger partial charge in [-0.05, 0) is 92.5 Å². The third-order valence-corrected chi connectivity index (χ3v) is 11.4. The lowest BCUT2D eigenvalue weighted by molar-refractivity contribution is -0.121. The van der Waals surface area contributed by atoms with Gasteiger partial charge < -0.3 is 14.6 Å². The van der Waals surface area contributed by atoms with Crippen molar-refractivity contribution in [1.82, 2.24) is 25.1 Å². The van der Waals surface area contributed by atoms with Gasteiger partial charge in [-0.15, -0.1) is 10.2 Å². The van der Waals surface area contributed by atoms with Crippen LogP contribution in [0.3, 0.4) is 0 Å². The van der Waals surface area contributed by atoms with E-state index in [1.807, 2.05) is 0 Å². The van der Waals surface area contributed by atoms with Crippen molar-refractivity contribution in [2.75, 3.05) is 18.9 Å². The van der Waals surface area contributed by atoms with Gasteiger partial charge in [0.15, 0.2) is 5.65 Å². The Labute approximate surface area is 309 Å². The van der Waals surface area contributed by atoms with Gasteiger partial charge in [-0.25, -0.2) is 4.98 Å². The number of hydrogen-bond donors (Lipinski definition) is 1. The Hall–Kier alpha value is -3.91. The first-order chi connectivity index (χ1) is 24.4. The molecule has 0 spiro atoms. The van der Waals surface area contributed by atoms with Crippen LogP contribution in [-0.2, 0) is 22.2 Å². The summed E-state index contributed by atoms with van der Waals surface area (Å²) in [5, 5.41) is 14.0. The fourth-order valence-corrected chi connectivity index (χ4v) is 7.01. The van der Waals surface area contributed by atoms with Crippen molar-refractivity contribution in [3.63, 3.8) is 0 Å². The molecule has 0 aliphatic carbocycles. The van der Waals surface area contributed by atoms with E-state index in [1.165, 1.54) is 27.8 Å². The second kappa shape index (κ2) is 17.1. The van der Waals surface area contributed by atoms with Crippen molar-refractivity contribution in [1.29, 1.82) is 0 Å². The molecule has 0 bridgehead atoms. The van der Waals surface area contributed by atoms with E-state index in [9.17, 15) is 4.79 Å². The summed E-state index contributed by atoms with van der Waals surface area (Å²) in [6, 6.07) is 21.9. The maximum atomic E-state index is 12.5. The first-order valence-corrected chi connectivity index (χ1v) is 19.8. The molecule has 0 unspecified atom stereocenters. The molecule has 5 aromatic rings. The predicted octanol–water partition coefficient (Wildman–Crippen LogP) is 10.3. The van der Waals surface area contributed by atoms with Gasteiger partial charge in [0.1, 0.15) is 11.3 Å². The number of rotatable bonds is 18. The number of carbonyl (C=O) groups excluding carboxylic acids is 1. The summed E-state index contributed by atoms with van der Waals surface area (Å²) in [6.45, 7) is 19.9. The number of benzene rings is 3. The van der Waals surface area contributed by atoms with Gasteiger partial charge in [0.25, 0.3) is 0 Å². The molecule has 51 heavy (non-hydrogen) atoms. The molecule has 0 fully saturated rings. The summed E-state index contributed by atoms with van der Waals surface area (Å²) < 4.78 is 8.56. The summed E-state index contributed by atoms with van der Waals surface area (Å²) in [6.07, 6.45) is 6.18. The van der Waals surface area contributed by atoms with E-state index in [2.05, 4.69) is 136 Å². The number of hydrogen-bond acceptors (Lipinski definition) is 6.